The Morgan fingerprint density at radius 2 is 2.50 bits per heavy atom. The van der Waals surface area contributed by atoms with Gasteiger partial charge in [-0.1, -0.05) is 12.2 Å². The van der Waals surface area contributed by atoms with Crippen molar-refractivity contribution < 1.29 is 15.6 Å². The van der Waals surface area contributed by atoms with Crippen LogP contribution in [-0.2, 0) is 4.79 Å². The summed E-state index contributed by atoms with van der Waals surface area (Å²) in [5.41, 5.74) is 3.54. The van der Waals surface area contributed by atoms with E-state index >= 15 is 0 Å². The predicted octanol–water partition coefficient (Wildman–Crippen LogP) is -0.907. The Bertz CT molecular complexity index is 189. The van der Waals surface area contributed by atoms with E-state index < -0.39 is 12.0 Å². The minimum atomic E-state index is -1.03. The van der Waals surface area contributed by atoms with Crippen LogP contribution in [0, 0.1) is 5.92 Å². The molecule has 0 heterocycles. The molecule has 0 aromatic rings. The van der Waals surface area contributed by atoms with Crippen LogP contribution in [-0.4, -0.2) is 12.0 Å². The quantitative estimate of drug-likeness (QED) is 0.556. The highest BCUT2D eigenvalue weighted by molar-refractivity contribution is 5.69. The second-order valence-electron chi connectivity index (χ2n) is 3.37. The van der Waals surface area contributed by atoms with E-state index in [1.165, 1.54) is 6.42 Å². The fourth-order valence-corrected chi connectivity index (χ4v) is 1.54. The monoisotopic (exact) mass is 169 g/mol. The second kappa shape index (κ2) is 4.26. The van der Waals surface area contributed by atoms with Gasteiger partial charge in [-0.3, -0.25) is 0 Å². The number of carboxylic acid groups (broad SMARTS) is 1. The van der Waals surface area contributed by atoms with Crippen molar-refractivity contribution in [2.75, 3.05) is 0 Å². The van der Waals surface area contributed by atoms with Gasteiger partial charge in [-0.2, -0.15) is 0 Å². The summed E-state index contributed by atoms with van der Waals surface area (Å²) in [7, 11) is 0. The van der Waals surface area contributed by atoms with E-state index in [2.05, 4.69) is 17.9 Å². The molecule has 0 bridgehead atoms. The number of hydrogen-bond acceptors (Lipinski definition) is 2. The summed E-state index contributed by atoms with van der Waals surface area (Å²) in [6, 6.07) is -0.558. The van der Waals surface area contributed by atoms with Gasteiger partial charge >= 0.3 is 0 Å². The van der Waals surface area contributed by atoms with Crippen LogP contribution in [0.15, 0.2) is 12.2 Å². The third-order valence-corrected chi connectivity index (χ3v) is 2.27. The zero-order valence-corrected chi connectivity index (χ0v) is 7.16. The van der Waals surface area contributed by atoms with Crippen molar-refractivity contribution in [2.45, 2.75) is 31.7 Å². The average Bonchev–Trinajstić information content (AvgIpc) is 2.06. The zero-order valence-electron chi connectivity index (χ0n) is 7.16. The topological polar surface area (TPSA) is 67.8 Å². The molecule has 3 heteroatoms. The summed E-state index contributed by atoms with van der Waals surface area (Å²) in [6.45, 7) is 0. The maximum absolute atomic E-state index is 10.4. The zero-order chi connectivity index (χ0) is 8.97. The van der Waals surface area contributed by atoms with E-state index in [4.69, 9.17) is 0 Å². The van der Waals surface area contributed by atoms with Gasteiger partial charge < -0.3 is 15.6 Å². The van der Waals surface area contributed by atoms with Gasteiger partial charge in [-0.05, 0) is 25.2 Å². The molecule has 0 radical (unpaired) electrons. The number of carboxylic acids is 1. The van der Waals surface area contributed by atoms with Crippen LogP contribution >= 0.6 is 0 Å². The molecule has 1 aliphatic rings. The summed E-state index contributed by atoms with van der Waals surface area (Å²) in [6.07, 6.45) is 8.24. The number of aliphatic carboxylic acids is 1. The lowest BCUT2D eigenvalue weighted by molar-refractivity contribution is -0.439. The Balaban J connectivity index is 2.34. The smallest absolute Gasteiger partial charge is 0.125 e. The van der Waals surface area contributed by atoms with Crippen molar-refractivity contribution >= 4 is 5.97 Å². The lowest BCUT2D eigenvalue weighted by Crippen LogP contribution is -2.68. The van der Waals surface area contributed by atoms with Gasteiger partial charge in [-0.25, -0.2) is 0 Å². The maximum Gasteiger partial charge on any atom is 0.125 e. The van der Waals surface area contributed by atoms with Crippen molar-refractivity contribution in [1.29, 1.82) is 0 Å². The lowest BCUT2D eigenvalue weighted by atomic mass is 9.90. The first-order valence-electron chi connectivity index (χ1n) is 4.40. The second-order valence-corrected chi connectivity index (χ2v) is 3.37. The summed E-state index contributed by atoms with van der Waals surface area (Å²) in [5, 5.41) is 10.4. The molecule has 0 aromatic carbocycles. The van der Waals surface area contributed by atoms with Crippen LogP contribution in [0.25, 0.3) is 0 Å². The van der Waals surface area contributed by atoms with Gasteiger partial charge in [0.15, 0.2) is 0 Å². The summed E-state index contributed by atoms with van der Waals surface area (Å²) >= 11 is 0. The molecule has 0 saturated carbocycles. The normalized spacial score (nSPS) is 25.2. The molecule has 3 N–H and O–H groups in total. The Morgan fingerprint density at radius 3 is 3.00 bits per heavy atom. The molecule has 68 valence electrons. The summed E-state index contributed by atoms with van der Waals surface area (Å²) in [4.78, 5) is 10.4. The first-order chi connectivity index (χ1) is 5.70. The van der Waals surface area contributed by atoms with Crippen molar-refractivity contribution in [3.63, 3.8) is 0 Å². The molecule has 0 fully saturated rings. The van der Waals surface area contributed by atoms with Gasteiger partial charge in [-0.15, -0.1) is 0 Å². The molecular formula is C9H15NO2. The highest BCUT2D eigenvalue weighted by Crippen LogP contribution is 2.20. The molecule has 0 aromatic heterocycles. The number of carbonyl (C=O) groups excluding carboxylic acids is 1. The van der Waals surface area contributed by atoms with Crippen molar-refractivity contribution in [3.05, 3.63) is 12.2 Å². The van der Waals surface area contributed by atoms with E-state index in [0.29, 0.717) is 12.3 Å². The largest absolute Gasteiger partial charge is 0.544 e. The molecule has 3 nitrogen and oxygen atoms in total. The molecule has 1 rings (SSSR count). The van der Waals surface area contributed by atoms with Gasteiger partial charge in [0.1, 0.15) is 6.04 Å². The van der Waals surface area contributed by atoms with Gasteiger partial charge in [0, 0.05) is 6.42 Å². The van der Waals surface area contributed by atoms with E-state index in [9.17, 15) is 9.90 Å². The number of rotatable bonds is 3. The molecule has 12 heavy (non-hydrogen) atoms. The SMILES string of the molecule is [NH3+][C@@H](C[C@H]1C=CCCC1)C(=O)[O-]. The Kier molecular flexibility index (Phi) is 3.29. The van der Waals surface area contributed by atoms with Crippen LogP contribution in [0.5, 0.6) is 0 Å². The molecule has 0 amide bonds. The van der Waals surface area contributed by atoms with E-state index in [0.717, 1.165) is 12.8 Å². The average molecular weight is 169 g/mol. The van der Waals surface area contributed by atoms with Crippen LogP contribution in [0.2, 0.25) is 0 Å². The van der Waals surface area contributed by atoms with Crippen LogP contribution in [0.3, 0.4) is 0 Å². The standard InChI is InChI=1S/C9H15NO2/c10-8(9(11)12)6-7-4-2-1-3-5-7/h2,4,7-8H,1,3,5-6,10H2,(H,11,12)/t7-,8-/m0/s1. The minimum Gasteiger partial charge on any atom is -0.544 e. The minimum absolute atomic E-state index is 0.402. The van der Waals surface area contributed by atoms with E-state index in [1.807, 2.05) is 0 Å². The van der Waals surface area contributed by atoms with Gasteiger partial charge in [0.25, 0.3) is 0 Å². The van der Waals surface area contributed by atoms with Crippen LogP contribution in [0.1, 0.15) is 25.7 Å². The number of allylic oxidation sites excluding steroid dienone is 2. The van der Waals surface area contributed by atoms with Crippen molar-refractivity contribution in [3.8, 4) is 0 Å². The molecule has 0 saturated heterocycles. The maximum atomic E-state index is 10.4. The molecule has 2 atom stereocenters. The number of hydrogen-bond donors (Lipinski definition) is 1. The number of quaternary nitrogens is 1. The fourth-order valence-electron chi connectivity index (χ4n) is 1.54. The number of carbonyl (C=O) groups is 1. The fraction of sp³-hybridized carbons (Fsp3) is 0.667. The Morgan fingerprint density at radius 1 is 1.75 bits per heavy atom. The first-order valence-corrected chi connectivity index (χ1v) is 4.40. The molecule has 0 unspecified atom stereocenters. The van der Waals surface area contributed by atoms with Crippen LogP contribution in [0.4, 0.5) is 0 Å². The van der Waals surface area contributed by atoms with E-state index in [-0.39, 0.29) is 0 Å². The van der Waals surface area contributed by atoms with Crippen molar-refractivity contribution in [1.82, 2.24) is 0 Å². The summed E-state index contributed by atoms with van der Waals surface area (Å²) in [5.74, 6) is -0.631. The van der Waals surface area contributed by atoms with Crippen LogP contribution < -0.4 is 10.8 Å². The van der Waals surface area contributed by atoms with Gasteiger partial charge in [0.05, 0.1) is 5.97 Å². The van der Waals surface area contributed by atoms with Crippen molar-refractivity contribution in [2.24, 2.45) is 5.92 Å². The highest BCUT2D eigenvalue weighted by Gasteiger charge is 2.15. The predicted molar refractivity (Wildman–Crippen MR) is 42.8 cm³/mol. The Hall–Kier alpha value is -0.830. The molecule has 0 spiro atoms. The molecule has 1 aliphatic carbocycles. The first kappa shape index (κ1) is 9.26. The third kappa shape index (κ3) is 2.66. The molecular weight excluding hydrogens is 154 g/mol. The molecule has 0 aliphatic heterocycles. The van der Waals surface area contributed by atoms with Gasteiger partial charge in [0.2, 0.25) is 0 Å². The summed E-state index contributed by atoms with van der Waals surface area (Å²) < 4.78 is 0. The third-order valence-electron chi connectivity index (χ3n) is 2.27. The lowest BCUT2D eigenvalue weighted by Gasteiger charge is -2.18. The highest BCUT2D eigenvalue weighted by atomic mass is 16.4. The van der Waals surface area contributed by atoms with E-state index in [1.54, 1.807) is 0 Å². The Labute approximate surface area is 72.3 Å².